The molecule has 0 aliphatic heterocycles. The lowest BCUT2D eigenvalue weighted by atomic mass is 9.75. The lowest BCUT2D eigenvalue weighted by Gasteiger charge is -2.38. The SMILES string of the molecule is CCC1(C)C(C)CC[C@@H]1N(C)C. The van der Waals surface area contributed by atoms with Crippen molar-refractivity contribution in [3.63, 3.8) is 0 Å². The van der Waals surface area contributed by atoms with Crippen LogP contribution in [0, 0.1) is 11.3 Å². The third-order valence-corrected chi connectivity index (χ3v) is 4.15. The van der Waals surface area contributed by atoms with E-state index in [-0.39, 0.29) is 0 Å². The fraction of sp³-hybridized carbons (Fsp3) is 1.00. The second-order valence-electron chi connectivity index (χ2n) is 4.82. The molecule has 1 saturated carbocycles. The first-order chi connectivity index (χ1) is 5.52. The maximum atomic E-state index is 2.45. The molecule has 1 nitrogen and oxygen atoms in total. The van der Waals surface area contributed by atoms with Crippen molar-refractivity contribution < 1.29 is 0 Å². The molecule has 12 heavy (non-hydrogen) atoms. The Labute approximate surface area is 77.1 Å². The zero-order valence-electron chi connectivity index (χ0n) is 9.22. The van der Waals surface area contributed by atoms with Crippen molar-refractivity contribution >= 4 is 0 Å². The molecule has 0 aromatic heterocycles. The van der Waals surface area contributed by atoms with E-state index in [0.717, 1.165) is 12.0 Å². The molecule has 0 amide bonds. The fourth-order valence-corrected chi connectivity index (χ4v) is 2.83. The molecule has 0 radical (unpaired) electrons. The zero-order valence-corrected chi connectivity index (χ0v) is 9.22. The highest BCUT2D eigenvalue weighted by molar-refractivity contribution is 4.96. The van der Waals surface area contributed by atoms with Gasteiger partial charge in [-0.05, 0) is 44.7 Å². The van der Waals surface area contributed by atoms with Gasteiger partial charge in [0.1, 0.15) is 0 Å². The third kappa shape index (κ3) is 1.39. The molecule has 0 saturated heterocycles. The average Bonchev–Trinajstić information content (AvgIpc) is 2.30. The van der Waals surface area contributed by atoms with Gasteiger partial charge < -0.3 is 4.90 Å². The Morgan fingerprint density at radius 3 is 2.25 bits per heavy atom. The van der Waals surface area contributed by atoms with E-state index < -0.39 is 0 Å². The highest BCUT2D eigenvalue weighted by atomic mass is 15.1. The molecular formula is C11H23N. The highest BCUT2D eigenvalue weighted by Gasteiger charge is 2.43. The van der Waals surface area contributed by atoms with Gasteiger partial charge in [0.15, 0.2) is 0 Å². The van der Waals surface area contributed by atoms with Gasteiger partial charge in [0, 0.05) is 6.04 Å². The van der Waals surface area contributed by atoms with Crippen LogP contribution in [0.25, 0.3) is 0 Å². The minimum atomic E-state index is 0.559. The van der Waals surface area contributed by atoms with Crippen LogP contribution in [0.5, 0.6) is 0 Å². The molecule has 2 unspecified atom stereocenters. The zero-order chi connectivity index (χ0) is 9.35. The van der Waals surface area contributed by atoms with Crippen molar-refractivity contribution in [1.29, 1.82) is 0 Å². The fourth-order valence-electron chi connectivity index (χ4n) is 2.83. The predicted octanol–water partition coefficient (Wildman–Crippen LogP) is 2.76. The van der Waals surface area contributed by atoms with Crippen LogP contribution in [0.15, 0.2) is 0 Å². The van der Waals surface area contributed by atoms with E-state index in [1.165, 1.54) is 19.3 Å². The summed E-state index contributed by atoms with van der Waals surface area (Å²) >= 11 is 0. The third-order valence-electron chi connectivity index (χ3n) is 4.15. The maximum absolute atomic E-state index is 2.45. The van der Waals surface area contributed by atoms with E-state index >= 15 is 0 Å². The molecule has 72 valence electrons. The Morgan fingerprint density at radius 2 is 1.92 bits per heavy atom. The topological polar surface area (TPSA) is 3.24 Å². The van der Waals surface area contributed by atoms with Crippen molar-refractivity contribution in [3.8, 4) is 0 Å². The molecule has 1 aliphatic rings. The van der Waals surface area contributed by atoms with Crippen LogP contribution >= 0.6 is 0 Å². The van der Waals surface area contributed by atoms with E-state index in [9.17, 15) is 0 Å². The smallest absolute Gasteiger partial charge is 0.0145 e. The van der Waals surface area contributed by atoms with Gasteiger partial charge in [0.2, 0.25) is 0 Å². The Bertz CT molecular complexity index is 153. The van der Waals surface area contributed by atoms with Crippen LogP contribution in [-0.4, -0.2) is 25.0 Å². The number of hydrogen-bond acceptors (Lipinski definition) is 1. The number of nitrogens with zero attached hydrogens (tertiary/aromatic N) is 1. The normalized spacial score (nSPS) is 42.5. The van der Waals surface area contributed by atoms with Crippen molar-refractivity contribution in [1.82, 2.24) is 4.90 Å². The first-order valence-electron chi connectivity index (χ1n) is 5.18. The largest absolute Gasteiger partial charge is 0.306 e. The van der Waals surface area contributed by atoms with Crippen molar-refractivity contribution in [3.05, 3.63) is 0 Å². The summed E-state index contributed by atoms with van der Waals surface area (Å²) in [6.45, 7) is 7.20. The van der Waals surface area contributed by atoms with Gasteiger partial charge in [-0.3, -0.25) is 0 Å². The van der Waals surface area contributed by atoms with Crippen LogP contribution in [-0.2, 0) is 0 Å². The predicted molar refractivity (Wildman–Crippen MR) is 54.3 cm³/mol. The molecule has 1 rings (SSSR count). The van der Waals surface area contributed by atoms with E-state index in [4.69, 9.17) is 0 Å². The van der Waals surface area contributed by atoms with Crippen molar-refractivity contribution in [2.75, 3.05) is 14.1 Å². The van der Waals surface area contributed by atoms with Gasteiger partial charge in [-0.15, -0.1) is 0 Å². The molecule has 0 bridgehead atoms. The lowest BCUT2D eigenvalue weighted by Crippen LogP contribution is -2.40. The summed E-state index contributed by atoms with van der Waals surface area (Å²) in [6, 6.07) is 0.803. The van der Waals surface area contributed by atoms with Crippen LogP contribution in [0.2, 0.25) is 0 Å². The summed E-state index contributed by atoms with van der Waals surface area (Å²) < 4.78 is 0. The van der Waals surface area contributed by atoms with Crippen LogP contribution in [0.3, 0.4) is 0 Å². The summed E-state index contributed by atoms with van der Waals surface area (Å²) in [7, 11) is 4.44. The molecule has 0 spiro atoms. The standard InChI is InChI=1S/C11H23N/c1-6-11(3)9(2)7-8-10(11)12(4)5/h9-10H,6-8H2,1-5H3/t9?,10-,11?/m0/s1. The molecule has 1 aliphatic carbocycles. The monoisotopic (exact) mass is 169 g/mol. The van der Waals surface area contributed by atoms with Crippen LogP contribution in [0.4, 0.5) is 0 Å². The Balaban J connectivity index is 2.77. The minimum absolute atomic E-state index is 0.559. The quantitative estimate of drug-likeness (QED) is 0.614. The van der Waals surface area contributed by atoms with E-state index in [1.807, 2.05) is 0 Å². The molecular weight excluding hydrogens is 146 g/mol. The van der Waals surface area contributed by atoms with E-state index in [0.29, 0.717) is 5.41 Å². The number of rotatable bonds is 2. The highest BCUT2D eigenvalue weighted by Crippen LogP contribution is 2.47. The molecule has 0 aromatic rings. The van der Waals surface area contributed by atoms with Crippen LogP contribution in [0.1, 0.15) is 40.0 Å². The van der Waals surface area contributed by atoms with Gasteiger partial charge in [-0.1, -0.05) is 20.8 Å². The van der Waals surface area contributed by atoms with Gasteiger partial charge in [-0.2, -0.15) is 0 Å². The Kier molecular flexibility index (Phi) is 2.82. The molecule has 1 heteroatoms. The molecule has 0 N–H and O–H groups in total. The van der Waals surface area contributed by atoms with Gasteiger partial charge >= 0.3 is 0 Å². The lowest BCUT2D eigenvalue weighted by molar-refractivity contribution is 0.111. The second kappa shape index (κ2) is 3.37. The summed E-state index contributed by atoms with van der Waals surface area (Å²) in [6.07, 6.45) is 4.11. The molecule has 3 atom stereocenters. The average molecular weight is 169 g/mol. The molecule has 0 aromatic carbocycles. The summed E-state index contributed by atoms with van der Waals surface area (Å²) in [5.74, 6) is 0.898. The van der Waals surface area contributed by atoms with E-state index in [1.54, 1.807) is 0 Å². The van der Waals surface area contributed by atoms with Gasteiger partial charge in [0.25, 0.3) is 0 Å². The summed E-state index contributed by atoms with van der Waals surface area (Å²) in [5.41, 5.74) is 0.559. The summed E-state index contributed by atoms with van der Waals surface area (Å²) in [4.78, 5) is 2.41. The summed E-state index contributed by atoms with van der Waals surface area (Å²) in [5, 5.41) is 0. The number of hydrogen-bond donors (Lipinski definition) is 0. The van der Waals surface area contributed by atoms with E-state index in [2.05, 4.69) is 39.8 Å². The van der Waals surface area contributed by atoms with Gasteiger partial charge in [0.05, 0.1) is 0 Å². The first-order valence-corrected chi connectivity index (χ1v) is 5.18. The molecule has 1 fully saturated rings. The molecule has 0 heterocycles. The Hall–Kier alpha value is -0.0400. The second-order valence-corrected chi connectivity index (χ2v) is 4.82. The van der Waals surface area contributed by atoms with Crippen molar-refractivity contribution in [2.24, 2.45) is 11.3 Å². The maximum Gasteiger partial charge on any atom is 0.0145 e. The van der Waals surface area contributed by atoms with Crippen molar-refractivity contribution in [2.45, 2.75) is 46.1 Å². The van der Waals surface area contributed by atoms with Gasteiger partial charge in [-0.25, -0.2) is 0 Å². The minimum Gasteiger partial charge on any atom is -0.306 e. The van der Waals surface area contributed by atoms with Crippen LogP contribution < -0.4 is 0 Å². The first kappa shape index (κ1) is 10.0. The Morgan fingerprint density at radius 1 is 1.33 bits per heavy atom.